The molecule has 16 heavy (non-hydrogen) atoms. The molecule has 1 fully saturated rings. The van der Waals surface area contributed by atoms with Crippen LogP contribution < -0.4 is 5.32 Å². The zero-order valence-corrected chi connectivity index (χ0v) is 8.98. The quantitative estimate of drug-likeness (QED) is 0.839. The molecule has 1 N–H and O–H groups in total. The maximum atomic E-state index is 8.76. The molecular formula is C12H14N2O2. The number of nitrogens with one attached hydrogen (secondary N) is 1. The molecule has 0 aromatic heterocycles. The number of nitriles is 1. The van der Waals surface area contributed by atoms with Crippen LogP contribution >= 0.6 is 0 Å². The lowest BCUT2D eigenvalue weighted by atomic mass is 10.2. The van der Waals surface area contributed by atoms with E-state index >= 15 is 0 Å². The van der Waals surface area contributed by atoms with Gasteiger partial charge in [-0.05, 0) is 24.6 Å². The minimum atomic E-state index is 0.194. The van der Waals surface area contributed by atoms with E-state index in [1.54, 1.807) is 6.07 Å². The lowest BCUT2D eigenvalue weighted by molar-refractivity contribution is -0.133. The Kier molecular flexibility index (Phi) is 3.76. The first kappa shape index (κ1) is 10.9. The molecule has 1 aliphatic rings. The van der Waals surface area contributed by atoms with Crippen LogP contribution in [0.4, 0.5) is 5.69 Å². The third-order valence-corrected chi connectivity index (χ3v) is 2.50. The summed E-state index contributed by atoms with van der Waals surface area (Å²) in [6.07, 6.45) is 1.10. The minimum absolute atomic E-state index is 0.194. The second kappa shape index (κ2) is 5.50. The highest BCUT2D eigenvalue weighted by Crippen LogP contribution is 2.12. The van der Waals surface area contributed by atoms with Crippen molar-refractivity contribution in [3.05, 3.63) is 29.8 Å². The van der Waals surface area contributed by atoms with E-state index in [9.17, 15) is 0 Å². The average molecular weight is 218 g/mol. The minimum Gasteiger partial charge on any atom is -0.382 e. The molecule has 4 heteroatoms. The second-order valence-corrected chi connectivity index (χ2v) is 3.68. The fourth-order valence-electron chi connectivity index (χ4n) is 1.59. The molecule has 0 bridgehead atoms. The fraction of sp³-hybridized carbons (Fsp3) is 0.417. The second-order valence-electron chi connectivity index (χ2n) is 3.68. The van der Waals surface area contributed by atoms with Gasteiger partial charge in [-0.2, -0.15) is 5.26 Å². The van der Waals surface area contributed by atoms with E-state index in [-0.39, 0.29) is 6.10 Å². The monoisotopic (exact) mass is 218 g/mol. The van der Waals surface area contributed by atoms with Crippen LogP contribution in [0.3, 0.4) is 0 Å². The predicted octanol–water partition coefficient (Wildman–Crippen LogP) is 1.73. The SMILES string of the molecule is N#Cc1cccc(NCC2CCOCO2)c1. The molecule has 1 atom stereocenters. The third kappa shape index (κ3) is 2.96. The number of hydrogen-bond donors (Lipinski definition) is 1. The van der Waals surface area contributed by atoms with E-state index < -0.39 is 0 Å². The molecule has 1 unspecified atom stereocenters. The van der Waals surface area contributed by atoms with Crippen LogP contribution in [-0.4, -0.2) is 26.0 Å². The van der Waals surface area contributed by atoms with Crippen molar-refractivity contribution in [3.8, 4) is 6.07 Å². The highest BCUT2D eigenvalue weighted by Gasteiger charge is 2.13. The normalized spacial score (nSPS) is 20.1. The van der Waals surface area contributed by atoms with Crippen molar-refractivity contribution in [1.29, 1.82) is 5.26 Å². The summed E-state index contributed by atoms with van der Waals surface area (Å²) in [4.78, 5) is 0. The summed E-state index contributed by atoms with van der Waals surface area (Å²) in [5.41, 5.74) is 1.62. The van der Waals surface area contributed by atoms with Crippen molar-refractivity contribution in [2.75, 3.05) is 25.3 Å². The van der Waals surface area contributed by atoms with Gasteiger partial charge in [0.2, 0.25) is 0 Å². The summed E-state index contributed by atoms with van der Waals surface area (Å²) in [6, 6.07) is 9.55. The maximum Gasteiger partial charge on any atom is 0.147 e. The van der Waals surface area contributed by atoms with Crippen LogP contribution in [0.5, 0.6) is 0 Å². The van der Waals surface area contributed by atoms with Gasteiger partial charge < -0.3 is 14.8 Å². The molecule has 2 rings (SSSR count). The van der Waals surface area contributed by atoms with Crippen LogP contribution in [0.25, 0.3) is 0 Å². The molecule has 1 heterocycles. The van der Waals surface area contributed by atoms with Gasteiger partial charge >= 0.3 is 0 Å². The molecule has 0 aliphatic carbocycles. The van der Waals surface area contributed by atoms with E-state index in [2.05, 4.69) is 11.4 Å². The predicted molar refractivity (Wildman–Crippen MR) is 60.0 cm³/mol. The Morgan fingerprint density at radius 3 is 3.19 bits per heavy atom. The van der Waals surface area contributed by atoms with Crippen LogP contribution in [0, 0.1) is 11.3 Å². The number of benzene rings is 1. The molecule has 84 valence electrons. The number of nitrogens with zero attached hydrogens (tertiary/aromatic N) is 1. The summed E-state index contributed by atoms with van der Waals surface area (Å²) < 4.78 is 10.5. The molecule has 0 spiro atoms. The van der Waals surface area contributed by atoms with Crippen molar-refractivity contribution in [1.82, 2.24) is 0 Å². The van der Waals surface area contributed by atoms with Crippen molar-refractivity contribution >= 4 is 5.69 Å². The molecule has 0 radical (unpaired) electrons. The van der Waals surface area contributed by atoms with Gasteiger partial charge in [-0.1, -0.05) is 6.07 Å². The first-order valence-electron chi connectivity index (χ1n) is 5.32. The smallest absolute Gasteiger partial charge is 0.147 e. The van der Waals surface area contributed by atoms with Crippen LogP contribution in [0.2, 0.25) is 0 Å². The summed E-state index contributed by atoms with van der Waals surface area (Å²) in [5.74, 6) is 0. The number of hydrogen-bond acceptors (Lipinski definition) is 4. The van der Waals surface area contributed by atoms with Crippen molar-refractivity contribution < 1.29 is 9.47 Å². The Labute approximate surface area is 94.8 Å². The first-order valence-corrected chi connectivity index (χ1v) is 5.32. The van der Waals surface area contributed by atoms with Gasteiger partial charge in [0.05, 0.1) is 24.3 Å². The van der Waals surface area contributed by atoms with Crippen LogP contribution in [0.15, 0.2) is 24.3 Å². The summed E-state index contributed by atoms with van der Waals surface area (Å²) in [6.45, 7) is 1.88. The zero-order chi connectivity index (χ0) is 11.2. The highest BCUT2D eigenvalue weighted by molar-refractivity contribution is 5.49. The lowest BCUT2D eigenvalue weighted by Crippen LogP contribution is -2.30. The van der Waals surface area contributed by atoms with Crippen molar-refractivity contribution in [2.24, 2.45) is 0 Å². The van der Waals surface area contributed by atoms with Gasteiger partial charge in [-0.25, -0.2) is 0 Å². The number of ether oxygens (including phenoxy) is 2. The van der Waals surface area contributed by atoms with E-state index in [4.69, 9.17) is 14.7 Å². The maximum absolute atomic E-state index is 8.76. The largest absolute Gasteiger partial charge is 0.382 e. The number of rotatable bonds is 3. The molecule has 1 aliphatic heterocycles. The summed E-state index contributed by atoms with van der Waals surface area (Å²) in [7, 11) is 0. The molecular weight excluding hydrogens is 204 g/mol. The first-order chi connectivity index (χ1) is 7.88. The Balaban J connectivity index is 1.86. The van der Waals surface area contributed by atoms with E-state index in [1.165, 1.54) is 0 Å². The lowest BCUT2D eigenvalue weighted by Gasteiger charge is -2.23. The van der Waals surface area contributed by atoms with E-state index in [1.807, 2.05) is 18.2 Å². The van der Waals surface area contributed by atoms with E-state index in [0.717, 1.165) is 25.3 Å². The van der Waals surface area contributed by atoms with Crippen molar-refractivity contribution in [3.63, 3.8) is 0 Å². The topological polar surface area (TPSA) is 54.3 Å². The summed E-state index contributed by atoms with van der Waals surface area (Å²) in [5, 5.41) is 12.0. The Morgan fingerprint density at radius 2 is 2.44 bits per heavy atom. The highest BCUT2D eigenvalue weighted by atomic mass is 16.7. The Hall–Kier alpha value is -1.57. The molecule has 0 amide bonds. The molecule has 1 aromatic carbocycles. The molecule has 4 nitrogen and oxygen atoms in total. The number of anilines is 1. The third-order valence-electron chi connectivity index (χ3n) is 2.50. The van der Waals surface area contributed by atoms with Gasteiger partial charge in [0, 0.05) is 12.2 Å². The van der Waals surface area contributed by atoms with Gasteiger partial charge in [0.25, 0.3) is 0 Å². The van der Waals surface area contributed by atoms with Gasteiger partial charge in [-0.3, -0.25) is 0 Å². The van der Waals surface area contributed by atoms with Crippen LogP contribution in [0.1, 0.15) is 12.0 Å². The fourth-order valence-corrected chi connectivity index (χ4v) is 1.59. The van der Waals surface area contributed by atoms with Crippen molar-refractivity contribution in [2.45, 2.75) is 12.5 Å². The molecule has 1 aromatic rings. The molecule has 1 saturated heterocycles. The summed E-state index contributed by atoms with van der Waals surface area (Å²) >= 11 is 0. The van der Waals surface area contributed by atoms with Crippen LogP contribution in [-0.2, 0) is 9.47 Å². The van der Waals surface area contributed by atoms with Gasteiger partial charge in [0.15, 0.2) is 0 Å². The Bertz CT molecular complexity index is 381. The van der Waals surface area contributed by atoms with E-state index in [0.29, 0.717) is 12.4 Å². The standard InChI is InChI=1S/C12H14N2O2/c13-7-10-2-1-3-11(6-10)14-8-12-4-5-15-9-16-12/h1-3,6,12,14H,4-5,8-9H2. The zero-order valence-electron chi connectivity index (χ0n) is 8.98. The van der Waals surface area contributed by atoms with Gasteiger partial charge in [-0.15, -0.1) is 0 Å². The van der Waals surface area contributed by atoms with Gasteiger partial charge in [0.1, 0.15) is 6.79 Å². The Morgan fingerprint density at radius 1 is 1.50 bits per heavy atom. The average Bonchev–Trinajstić information content (AvgIpc) is 2.38. The molecule has 0 saturated carbocycles.